The lowest BCUT2D eigenvalue weighted by Crippen LogP contribution is -2.44. The maximum atomic E-state index is 6.54. The summed E-state index contributed by atoms with van der Waals surface area (Å²) in [6.45, 7) is 6.42. The third-order valence-corrected chi connectivity index (χ3v) is 4.87. The van der Waals surface area contributed by atoms with Gasteiger partial charge in [0.05, 0.1) is 11.3 Å². The van der Waals surface area contributed by atoms with Crippen LogP contribution in [-0.2, 0) is 0 Å². The number of nitrogens with zero attached hydrogens (tertiary/aromatic N) is 2. The van der Waals surface area contributed by atoms with Crippen molar-refractivity contribution in [1.82, 2.24) is 0 Å². The average molecular weight is 377 g/mol. The van der Waals surface area contributed by atoms with Gasteiger partial charge in [0.1, 0.15) is 6.21 Å². The fraction of sp³-hybridized carbons (Fsp3) is 0.316. The molecule has 1 aliphatic heterocycles. The van der Waals surface area contributed by atoms with Gasteiger partial charge in [-0.1, -0.05) is 32.0 Å². The Balaban J connectivity index is 1.99. The van der Waals surface area contributed by atoms with E-state index in [-0.39, 0.29) is 0 Å². The highest BCUT2D eigenvalue weighted by molar-refractivity contribution is 7.39. The highest BCUT2D eigenvalue weighted by Crippen LogP contribution is 2.36. The lowest BCUT2D eigenvalue weighted by Gasteiger charge is -2.33. The summed E-state index contributed by atoms with van der Waals surface area (Å²) >= 11 is 13.1. The Hall–Kier alpha value is -1.65. The summed E-state index contributed by atoms with van der Waals surface area (Å²) in [5, 5.41) is -2.21. The zero-order chi connectivity index (χ0) is 17.9. The van der Waals surface area contributed by atoms with Crippen molar-refractivity contribution in [2.24, 2.45) is 0 Å². The maximum absolute atomic E-state index is 6.54. The summed E-state index contributed by atoms with van der Waals surface area (Å²) in [7, 11) is 0. The molecule has 3 nitrogen and oxygen atoms in total. The molecule has 0 aliphatic carbocycles. The summed E-state index contributed by atoms with van der Waals surface area (Å²) in [5.41, 5.74) is 3.02. The SMILES string of the molecule is CCCN(CCC)c1ccc2c(c1)O[B-](Cl)(Cl)[N+](c1ccccc1)=C2. The van der Waals surface area contributed by atoms with Gasteiger partial charge in [-0.25, -0.2) is 22.9 Å². The van der Waals surface area contributed by atoms with Crippen molar-refractivity contribution in [3.63, 3.8) is 0 Å². The number of benzene rings is 2. The Morgan fingerprint density at radius 1 is 1.00 bits per heavy atom. The summed E-state index contributed by atoms with van der Waals surface area (Å²) in [4.78, 5) is 2.37. The van der Waals surface area contributed by atoms with Gasteiger partial charge < -0.3 is 14.0 Å². The van der Waals surface area contributed by atoms with Crippen LogP contribution in [0.2, 0.25) is 0 Å². The van der Waals surface area contributed by atoms with E-state index in [0.717, 1.165) is 48.6 Å². The number of halogens is 2. The Bertz CT molecular complexity index is 759. The molecule has 0 unspecified atom stereocenters. The van der Waals surface area contributed by atoms with Gasteiger partial charge in [-0.05, 0) is 25.0 Å². The Labute approximate surface area is 159 Å². The van der Waals surface area contributed by atoms with Gasteiger partial charge in [0.2, 0.25) is 0 Å². The topological polar surface area (TPSA) is 15.5 Å². The van der Waals surface area contributed by atoms with Crippen molar-refractivity contribution in [2.45, 2.75) is 26.7 Å². The maximum Gasteiger partial charge on any atom is 0.638 e. The second-order valence-electron chi connectivity index (χ2n) is 6.26. The van der Waals surface area contributed by atoms with E-state index in [1.54, 1.807) is 4.49 Å². The smallest absolute Gasteiger partial charge is 0.631 e. The molecule has 0 N–H and O–H groups in total. The predicted octanol–water partition coefficient (Wildman–Crippen LogP) is 5.38. The quantitative estimate of drug-likeness (QED) is 0.628. The molecule has 3 rings (SSSR count). The van der Waals surface area contributed by atoms with E-state index in [1.165, 1.54) is 0 Å². The zero-order valence-electron chi connectivity index (χ0n) is 14.7. The Kier molecular flexibility index (Phi) is 5.60. The zero-order valence-corrected chi connectivity index (χ0v) is 16.2. The highest BCUT2D eigenvalue weighted by atomic mass is 35.5. The van der Waals surface area contributed by atoms with Crippen molar-refractivity contribution in [2.75, 3.05) is 18.0 Å². The molecule has 2 aromatic rings. The average Bonchev–Trinajstić information content (AvgIpc) is 2.60. The van der Waals surface area contributed by atoms with Crippen LogP contribution in [0.1, 0.15) is 32.3 Å². The Morgan fingerprint density at radius 2 is 1.68 bits per heavy atom. The molecular formula is C19H23BCl2N2O. The molecule has 0 atom stereocenters. The first-order valence-electron chi connectivity index (χ1n) is 8.82. The third-order valence-electron chi connectivity index (χ3n) is 4.27. The molecule has 6 heteroatoms. The fourth-order valence-electron chi connectivity index (χ4n) is 3.13. The molecule has 0 amide bonds. The number of anilines is 1. The van der Waals surface area contributed by atoms with Gasteiger partial charge in [-0.15, -0.1) is 0 Å². The molecule has 25 heavy (non-hydrogen) atoms. The fourth-order valence-corrected chi connectivity index (χ4v) is 3.66. The second kappa shape index (κ2) is 7.71. The lowest BCUT2D eigenvalue weighted by atomic mass is 10.0. The molecule has 0 saturated heterocycles. The normalized spacial score (nSPS) is 15.1. The highest BCUT2D eigenvalue weighted by Gasteiger charge is 2.42. The van der Waals surface area contributed by atoms with Crippen LogP contribution in [0.3, 0.4) is 0 Å². The summed E-state index contributed by atoms with van der Waals surface area (Å²) in [6, 6.07) is 16.0. The molecule has 0 radical (unpaired) electrons. The van der Waals surface area contributed by atoms with Crippen LogP contribution in [0.15, 0.2) is 48.5 Å². The van der Waals surface area contributed by atoms with E-state index in [0.29, 0.717) is 0 Å². The minimum Gasteiger partial charge on any atom is -0.631 e. The lowest BCUT2D eigenvalue weighted by molar-refractivity contribution is -0.297. The molecular weight excluding hydrogens is 354 g/mol. The van der Waals surface area contributed by atoms with Gasteiger partial charge in [-0.3, -0.25) is 0 Å². The van der Waals surface area contributed by atoms with E-state index >= 15 is 0 Å². The van der Waals surface area contributed by atoms with Crippen molar-refractivity contribution in [1.29, 1.82) is 0 Å². The van der Waals surface area contributed by atoms with Crippen molar-refractivity contribution in [3.05, 3.63) is 54.1 Å². The van der Waals surface area contributed by atoms with Crippen LogP contribution >= 0.6 is 22.9 Å². The molecule has 0 aromatic heterocycles. The molecule has 1 aliphatic rings. The standard InChI is InChI=1S/C19H23BCl2N2O/c1-3-12-23(13-4-2)18-11-10-16-15-24(17-8-6-5-7-9-17)20(21,22)25-19(16)14-18/h5-11,14-15H,3-4,12-13H2,1-2H3. The molecule has 1 heterocycles. The molecule has 0 spiro atoms. The monoisotopic (exact) mass is 376 g/mol. The largest absolute Gasteiger partial charge is 0.638 e. The summed E-state index contributed by atoms with van der Waals surface area (Å²) in [6.07, 6.45) is 4.16. The number of hydrogen-bond acceptors (Lipinski definition) is 2. The number of para-hydroxylation sites is 1. The molecule has 0 bridgehead atoms. The second-order valence-corrected chi connectivity index (χ2v) is 7.67. The van der Waals surface area contributed by atoms with Crippen LogP contribution in [0, 0.1) is 0 Å². The van der Waals surface area contributed by atoms with Crippen LogP contribution in [0.5, 0.6) is 5.75 Å². The number of fused-ring (bicyclic) bond motifs is 1. The third kappa shape index (κ3) is 3.96. The van der Waals surface area contributed by atoms with Gasteiger partial charge in [0.25, 0.3) is 0 Å². The van der Waals surface area contributed by atoms with E-state index in [4.69, 9.17) is 27.6 Å². The van der Waals surface area contributed by atoms with Crippen molar-refractivity contribution >= 4 is 45.8 Å². The molecule has 2 aromatic carbocycles. The first kappa shape index (κ1) is 18.2. The van der Waals surface area contributed by atoms with E-state index in [9.17, 15) is 0 Å². The minimum atomic E-state index is -2.21. The van der Waals surface area contributed by atoms with Gasteiger partial charge in [-0.2, -0.15) is 0 Å². The predicted molar refractivity (Wildman–Crippen MR) is 109 cm³/mol. The molecule has 0 fully saturated rings. The molecule has 132 valence electrons. The van der Waals surface area contributed by atoms with Gasteiger partial charge in [0.15, 0.2) is 5.69 Å². The first-order valence-corrected chi connectivity index (χ1v) is 9.70. The van der Waals surface area contributed by atoms with Crippen LogP contribution < -0.4 is 9.55 Å². The van der Waals surface area contributed by atoms with Crippen molar-refractivity contribution in [3.8, 4) is 5.75 Å². The van der Waals surface area contributed by atoms with Gasteiger partial charge in [0, 0.05) is 37.0 Å². The van der Waals surface area contributed by atoms with Gasteiger partial charge >= 0.3 is 5.31 Å². The van der Waals surface area contributed by atoms with E-state index < -0.39 is 5.31 Å². The Morgan fingerprint density at radius 3 is 2.32 bits per heavy atom. The van der Waals surface area contributed by atoms with E-state index in [2.05, 4.69) is 30.9 Å². The summed E-state index contributed by atoms with van der Waals surface area (Å²) < 4.78 is 7.79. The van der Waals surface area contributed by atoms with Crippen LogP contribution in [0.25, 0.3) is 0 Å². The summed E-state index contributed by atoms with van der Waals surface area (Å²) in [5.74, 6) is 0.729. The number of rotatable bonds is 6. The first-order chi connectivity index (χ1) is 12.0. The number of hydrogen-bond donors (Lipinski definition) is 0. The minimum absolute atomic E-state index is 0.729. The van der Waals surface area contributed by atoms with Crippen LogP contribution in [-0.4, -0.2) is 29.1 Å². The van der Waals surface area contributed by atoms with Crippen molar-refractivity contribution < 1.29 is 9.14 Å². The van der Waals surface area contributed by atoms with Crippen LogP contribution in [0.4, 0.5) is 11.4 Å². The van der Waals surface area contributed by atoms with E-state index in [1.807, 2.05) is 42.6 Å². The molecule has 0 saturated carbocycles.